The Kier molecular flexibility index (Phi) is 4.25. The monoisotopic (exact) mass is 322 g/mol. The smallest absolute Gasteiger partial charge is 0.0729 e. The Morgan fingerprint density at radius 2 is 1.56 bits per heavy atom. The normalized spacial score (nSPS) is 15.2. The summed E-state index contributed by atoms with van der Waals surface area (Å²) in [6.07, 6.45) is 10.1. The lowest BCUT2D eigenvalue weighted by Crippen LogP contribution is -1.91. The van der Waals surface area contributed by atoms with Gasteiger partial charge in [0.25, 0.3) is 0 Å². The van der Waals surface area contributed by atoms with Gasteiger partial charge in [-0.2, -0.15) is 0 Å². The van der Waals surface area contributed by atoms with E-state index in [9.17, 15) is 0 Å². The number of aromatic nitrogens is 1. The van der Waals surface area contributed by atoms with E-state index in [1.807, 2.05) is 42.6 Å². The molecule has 0 aliphatic carbocycles. The van der Waals surface area contributed by atoms with E-state index >= 15 is 0 Å². The van der Waals surface area contributed by atoms with Gasteiger partial charge >= 0.3 is 0 Å². The zero-order valence-electron chi connectivity index (χ0n) is 13.8. The van der Waals surface area contributed by atoms with Crippen LogP contribution in [0.5, 0.6) is 0 Å². The zero-order chi connectivity index (χ0) is 16.9. The molecule has 0 amide bonds. The highest BCUT2D eigenvalue weighted by Gasteiger charge is 2.12. The molecule has 0 fully saturated rings. The van der Waals surface area contributed by atoms with Crippen LogP contribution >= 0.6 is 0 Å². The van der Waals surface area contributed by atoms with Crippen molar-refractivity contribution in [3.05, 3.63) is 113 Å². The minimum Gasteiger partial charge on any atom is -0.355 e. The number of hydrogen-bond acceptors (Lipinski definition) is 1. The second-order valence-electron chi connectivity index (χ2n) is 5.83. The van der Waals surface area contributed by atoms with Crippen molar-refractivity contribution >= 4 is 23.9 Å². The third-order valence-electron chi connectivity index (χ3n) is 4.11. The van der Waals surface area contributed by atoms with E-state index in [2.05, 4.69) is 70.7 Å². The van der Waals surface area contributed by atoms with Gasteiger partial charge in [-0.05, 0) is 41.5 Å². The summed E-state index contributed by atoms with van der Waals surface area (Å²) in [6.45, 7) is 0. The number of allylic oxidation sites excluding steroid dienone is 2. The third kappa shape index (κ3) is 3.43. The van der Waals surface area contributed by atoms with Gasteiger partial charge in [0.05, 0.1) is 5.70 Å². The summed E-state index contributed by atoms with van der Waals surface area (Å²) < 4.78 is 0. The molecule has 2 aromatic carbocycles. The van der Waals surface area contributed by atoms with Gasteiger partial charge in [-0.1, -0.05) is 66.7 Å². The van der Waals surface area contributed by atoms with Crippen LogP contribution in [0.15, 0.2) is 95.6 Å². The van der Waals surface area contributed by atoms with Gasteiger partial charge in [0, 0.05) is 23.2 Å². The SMILES string of the molecule is C1=C/C(=C(\c2ccccc2)c2ccc(/C=C/c3ccccc3)[nH]2)N=C1. The Balaban J connectivity index is 1.69. The number of nitrogens with zero attached hydrogens (tertiary/aromatic N) is 1. The first kappa shape index (κ1) is 15.2. The lowest BCUT2D eigenvalue weighted by Gasteiger charge is -2.08. The van der Waals surface area contributed by atoms with Crippen LogP contribution in [-0.4, -0.2) is 11.2 Å². The predicted octanol–water partition coefficient (Wildman–Crippen LogP) is 5.59. The van der Waals surface area contributed by atoms with Gasteiger partial charge in [0.1, 0.15) is 0 Å². The van der Waals surface area contributed by atoms with E-state index in [4.69, 9.17) is 0 Å². The summed E-state index contributed by atoms with van der Waals surface area (Å²) in [7, 11) is 0. The maximum atomic E-state index is 4.50. The molecule has 1 aliphatic rings. The molecule has 0 bridgehead atoms. The van der Waals surface area contributed by atoms with Crippen LogP contribution in [0.3, 0.4) is 0 Å². The van der Waals surface area contributed by atoms with Crippen molar-refractivity contribution in [2.45, 2.75) is 0 Å². The molecule has 2 heterocycles. The standard InChI is InChI=1S/C23H18N2/c1-3-8-18(9-4-1)13-14-20-15-16-22(25-20)23(21-12-7-17-24-21)19-10-5-2-6-11-19/h1-17,25H/b14-13+,23-21-. The first-order valence-electron chi connectivity index (χ1n) is 8.33. The summed E-state index contributed by atoms with van der Waals surface area (Å²) >= 11 is 0. The number of H-pyrrole nitrogens is 1. The molecule has 1 aromatic heterocycles. The number of rotatable bonds is 4. The fraction of sp³-hybridized carbons (Fsp3) is 0. The van der Waals surface area contributed by atoms with Crippen molar-refractivity contribution in [3.63, 3.8) is 0 Å². The Labute approximate surface area is 147 Å². The van der Waals surface area contributed by atoms with E-state index in [0.29, 0.717) is 0 Å². The fourth-order valence-corrected chi connectivity index (χ4v) is 2.90. The van der Waals surface area contributed by atoms with Gasteiger partial charge in [-0.3, -0.25) is 4.99 Å². The highest BCUT2D eigenvalue weighted by atomic mass is 14.8. The summed E-state index contributed by atoms with van der Waals surface area (Å²) in [6, 6.07) is 24.9. The van der Waals surface area contributed by atoms with Crippen LogP contribution in [0, 0.1) is 0 Å². The van der Waals surface area contributed by atoms with E-state index in [-0.39, 0.29) is 0 Å². The number of aliphatic imine (C=N–C) groups is 1. The van der Waals surface area contributed by atoms with Crippen LogP contribution in [0.2, 0.25) is 0 Å². The molecule has 120 valence electrons. The van der Waals surface area contributed by atoms with Gasteiger partial charge in [-0.25, -0.2) is 0 Å². The molecule has 0 unspecified atom stereocenters. The fourth-order valence-electron chi connectivity index (χ4n) is 2.90. The van der Waals surface area contributed by atoms with Gasteiger partial charge < -0.3 is 4.98 Å². The molecule has 1 N–H and O–H groups in total. The molecule has 0 radical (unpaired) electrons. The quantitative estimate of drug-likeness (QED) is 0.649. The summed E-state index contributed by atoms with van der Waals surface area (Å²) in [5.74, 6) is 0. The second-order valence-corrected chi connectivity index (χ2v) is 5.83. The lowest BCUT2D eigenvalue weighted by atomic mass is 10.0. The van der Waals surface area contributed by atoms with Crippen molar-refractivity contribution in [2.24, 2.45) is 4.99 Å². The Hall–Kier alpha value is -3.39. The van der Waals surface area contributed by atoms with Crippen LogP contribution in [0.25, 0.3) is 17.7 Å². The van der Waals surface area contributed by atoms with E-state index in [1.165, 1.54) is 5.56 Å². The van der Waals surface area contributed by atoms with Crippen LogP contribution in [0.1, 0.15) is 22.5 Å². The molecule has 25 heavy (non-hydrogen) atoms. The highest BCUT2D eigenvalue weighted by Crippen LogP contribution is 2.29. The first-order chi connectivity index (χ1) is 12.4. The Morgan fingerprint density at radius 1 is 0.800 bits per heavy atom. The molecule has 2 heteroatoms. The number of benzene rings is 2. The van der Waals surface area contributed by atoms with Gasteiger partial charge in [0.2, 0.25) is 0 Å². The molecule has 0 spiro atoms. The van der Waals surface area contributed by atoms with E-state index < -0.39 is 0 Å². The molecule has 0 saturated heterocycles. The lowest BCUT2D eigenvalue weighted by molar-refractivity contribution is 1.30. The van der Waals surface area contributed by atoms with Crippen LogP contribution < -0.4 is 0 Å². The Morgan fingerprint density at radius 3 is 2.28 bits per heavy atom. The molecular formula is C23H18N2. The van der Waals surface area contributed by atoms with Crippen molar-refractivity contribution in [3.8, 4) is 0 Å². The zero-order valence-corrected chi connectivity index (χ0v) is 13.8. The second kappa shape index (κ2) is 7.02. The van der Waals surface area contributed by atoms with E-state index in [0.717, 1.165) is 28.2 Å². The van der Waals surface area contributed by atoms with Gasteiger partial charge in [0.15, 0.2) is 0 Å². The van der Waals surface area contributed by atoms with Crippen molar-refractivity contribution in [1.82, 2.24) is 4.98 Å². The van der Waals surface area contributed by atoms with Crippen LogP contribution in [-0.2, 0) is 0 Å². The molecule has 2 nitrogen and oxygen atoms in total. The molecule has 4 rings (SSSR count). The maximum absolute atomic E-state index is 4.50. The van der Waals surface area contributed by atoms with Gasteiger partial charge in [-0.15, -0.1) is 0 Å². The first-order valence-corrected chi connectivity index (χ1v) is 8.33. The number of nitrogens with one attached hydrogen (secondary N) is 1. The maximum Gasteiger partial charge on any atom is 0.0729 e. The van der Waals surface area contributed by atoms with Crippen molar-refractivity contribution in [2.75, 3.05) is 0 Å². The summed E-state index contributed by atoms with van der Waals surface area (Å²) in [5, 5.41) is 0. The summed E-state index contributed by atoms with van der Waals surface area (Å²) in [5.41, 5.74) is 6.57. The van der Waals surface area contributed by atoms with Crippen molar-refractivity contribution < 1.29 is 0 Å². The molecule has 0 atom stereocenters. The highest BCUT2D eigenvalue weighted by molar-refractivity contribution is 5.88. The minimum absolute atomic E-state index is 0.978. The molecule has 0 saturated carbocycles. The summed E-state index contributed by atoms with van der Waals surface area (Å²) in [4.78, 5) is 8.00. The largest absolute Gasteiger partial charge is 0.355 e. The number of hydrogen-bond donors (Lipinski definition) is 1. The number of aromatic amines is 1. The predicted molar refractivity (Wildman–Crippen MR) is 106 cm³/mol. The van der Waals surface area contributed by atoms with Crippen molar-refractivity contribution in [1.29, 1.82) is 0 Å². The average Bonchev–Trinajstić information content (AvgIpc) is 3.35. The van der Waals surface area contributed by atoms with E-state index in [1.54, 1.807) is 0 Å². The molecule has 3 aromatic rings. The Bertz CT molecular complexity index is 957. The topological polar surface area (TPSA) is 28.1 Å². The third-order valence-corrected chi connectivity index (χ3v) is 4.11. The average molecular weight is 322 g/mol. The van der Waals surface area contributed by atoms with Crippen LogP contribution in [0.4, 0.5) is 0 Å². The molecular weight excluding hydrogens is 304 g/mol. The molecule has 1 aliphatic heterocycles. The minimum atomic E-state index is 0.978.